The fourth-order valence-corrected chi connectivity index (χ4v) is 1.81. The number of nitriles is 2. The monoisotopic (exact) mass is 279 g/mol. The second kappa shape index (κ2) is 6.40. The zero-order chi connectivity index (χ0) is 15.2. The summed E-state index contributed by atoms with van der Waals surface area (Å²) in [5.41, 5.74) is 2.52. The van der Waals surface area contributed by atoms with Crippen molar-refractivity contribution < 1.29 is 9.26 Å². The second-order valence-corrected chi connectivity index (χ2v) is 4.45. The number of benzene rings is 1. The Morgan fingerprint density at radius 3 is 2.71 bits per heavy atom. The maximum atomic E-state index is 8.76. The Morgan fingerprint density at radius 2 is 2.10 bits per heavy atom. The third kappa shape index (κ3) is 3.49. The minimum Gasteiger partial charge on any atom is -0.489 e. The van der Waals surface area contributed by atoms with E-state index in [1.165, 1.54) is 6.08 Å². The fourth-order valence-electron chi connectivity index (χ4n) is 1.81. The molecule has 0 atom stereocenters. The summed E-state index contributed by atoms with van der Waals surface area (Å²) in [6, 6.07) is 10.8. The summed E-state index contributed by atoms with van der Waals surface area (Å²) in [4.78, 5) is 0. The molecule has 1 heterocycles. The van der Waals surface area contributed by atoms with Gasteiger partial charge in [0.25, 0.3) is 0 Å². The third-order valence-electron chi connectivity index (χ3n) is 2.97. The Bertz CT molecular complexity index is 725. The lowest BCUT2D eigenvalue weighted by Crippen LogP contribution is -1.97. The molecule has 0 spiro atoms. The highest BCUT2D eigenvalue weighted by Gasteiger charge is 2.09. The number of ether oxygens (including phenoxy) is 1. The van der Waals surface area contributed by atoms with Crippen LogP contribution in [0.2, 0.25) is 0 Å². The lowest BCUT2D eigenvalue weighted by atomic mass is 10.1. The number of aryl methyl sites for hydroxylation is 2. The molecule has 5 heteroatoms. The van der Waals surface area contributed by atoms with E-state index in [2.05, 4.69) is 5.16 Å². The van der Waals surface area contributed by atoms with Crippen LogP contribution in [0.1, 0.15) is 22.6 Å². The SMILES string of the molecule is Cc1noc(C)c1COc1cccc(C=C(C#N)C#N)c1. The average molecular weight is 279 g/mol. The summed E-state index contributed by atoms with van der Waals surface area (Å²) >= 11 is 0. The molecular weight excluding hydrogens is 266 g/mol. The Labute approximate surface area is 122 Å². The highest BCUT2D eigenvalue weighted by atomic mass is 16.5. The van der Waals surface area contributed by atoms with E-state index >= 15 is 0 Å². The van der Waals surface area contributed by atoms with Gasteiger partial charge in [-0.05, 0) is 37.6 Å². The van der Waals surface area contributed by atoms with Crippen molar-refractivity contribution in [2.75, 3.05) is 0 Å². The van der Waals surface area contributed by atoms with Crippen LogP contribution in [0.4, 0.5) is 0 Å². The van der Waals surface area contributed by atoms with Crippen LogP contribution in [0.25, 0.3) is 6.08 Å². The van der Waals surface area contributed by atoms with Crippen LogP contribution >= 0.6 is 0 Å². The lowest BCUT2D eigenvalue weighted by molar-refractivity contribution is 0.301. The maximum Gasteiger partial charge on any atom is 0.140 e. The minimum absolute atomic E-state index is 0.0536. The Hall–Kier alpha value is -3.05. The highest BCUT2D eigenvalue weighted by Crippen LogP contribution is 2.19. The van der Waals surface area contributed by atoms with E-state index in [4.69, 9.17) is 19.8 Å². The molecule has 0 fully saturated rings. The fraction of sp³-hybridized carbons (Fsp3) is 0.188. The predicted molar refractivity (Wildman–Crippen MR) is 76.0 cm³/mol. The summed E-state index contributed by atoms with van der Waals surface area (Å²) in [5.74, 6) is 1.39. The van der Waals surface area contributed by atoms with E-state index in [1.807, 2.05) is 32.1 Å². The molecule has 0 aliphatic heterocycles. The van der Waals surface area contributed by atoms with Crippen LogP contribution in [0.15, 0.2) is 34.4 Å². The molecule has 1 aromatic carbocycles. The van der Waals surface area contributed by atoms with Crippen molar-refractivity contribution in [3.8, 4) is 17.9 Å². The second-order valence-electron chi connectivity index (χ2n) is 4.45. The van der Waals surface area contributed by atoms with Crippen LogP contribution in [-0.2, 0) is 6.61 Å². The first kappa shape index (κ1) is 14.4. The van der Waals surface area contributed by atoms with Crippen molar-refractivity contribution in [2.45, 2.75) is 20.5 Å². The van der Waals surface area contributed by atoms with Gasteiger partial charge in [-0.25, -0.2) is 0 Å². The van der Waals surface area contributed by atoms with Gasteiger partial charge in [-0.15, -0.1) is 0 Å². The van der Waals surface area contributed by atoms with Crippen LogP contribution in [-0.4, -0.2) is 5.16 Å². The number of allylic oxidation sites excluding steroid dienone is 1. The van der Waals surface area contributed by atoms with Gasteiger partial charge < -0.3 is 9.26 Å². The van der Waals surface area contributed by atoms with Gasteiger partial charge in [0.05, 0.1) is 11.3 Å². The first-order chi connectivity index (χ1) is 10.1. The van der Waals surface area contributed by atoms with Gasteiger partial charge in [0, 0.05) is 0 Å². The molecule has 0 saturated carbocycles. The summed E-state index contributed by atoms with van der Waals surface area (Å²) < 4.78 is 10.8. The van der Waals surface area contributed by atoms with Gasteiger partial charge in [0.2, 0.25) is 0 Å². The number of rotatable bonds is 4. The van der Waals surface area contributed by atoms with Crippen LogP contribution < -0.4 is 4.74 Å². The number of hydrogen-bond donors (Lipinski definition) is 0. The minimum atomic E-state index is 0.0536. The Morgan fingerprint density at radius 1 is 1.33 bits per heavy atom. The first-order valence-corrected chi connectivity index (χ1v) is 6.30. The summed E-state index contributed by atoms with van der Waals surface area (Å²) in [5, 5.41) is 21.4. The molecule has 0 bridgehead atoms. The molecule has 2 aromatic rings. The van der Waals surface area contributed by atoms with Crippen molar-refractivity contribution in [3.05, 3.63) is 52.4 Å². The van der Waals surface area contributed by atoms with E-state index in [9.17, 15) is 0 Å². The van der Waals surface area contributed by atoms with E-state index in [1.54, 1.807) is 18.2 Å². The zero-order valence-corrected chi connectivity index (χ0v) is 11.8. The normalized spacial score (nSPS) is 9.52. The number of hydrogen-bond acceptors (Lipinski definition) is 5. The van der Waals surface area contributed by atoms with E-state index < -0.39 is 0 Å². The molecule has 0 N–H and O–H groups in total. The van der Waals surface area contributed by atoms with Gasteiger partial charge in [-0.1, -0.05) is 17.3 Å². The quantitative estimate of drug-likeness (QED) is 0.802. The van der Waals surface area contributed by atoms with Crippen LogP contribution in [0.3, 0.4) is 0 Å². The van der Waals surface area contributed by atoms with Gasteiger partial charge in [-0.2, -0.15) is 10.5 Å². The molecule has 0 aliphatic carbocycles. The standard InChI is InChI=1S/C16H13N3O2/c1-11-16(12(2)21-19-11)10-20-15-5-3-4-13(7-15)6-14(8-17)9-18/h3-7H,10H2,1-2H3. The molecular formula is C16H13N3O2. The summed E-state index contributed by atoms with van der Waals surface area (Å²) in [6.07, 6.45) is 1.52. The molecule has 104 valence electrons. The van der Waals surface area contributed by atoms with Crippen LogP contribution in [0.5, 0.6) is 5.75 Å². The molecule has 2 rings (SSSR count). The van der Waals surface area contributed by atoms with Gasteiger partial charge in [-0.3, -0.25) is 0 Å². The molecule has 0 unspecified atom stereocenters. The predicted octanol–water partition coefficient (Wildman–Crippen LogP) is 3.30. The van der Waals surface area contributed by atoms with Gasteiger partial charge >= 0.3 is 0 Å². The molecule has 5 nitrogen and oxygen atoms in total. The maximum absolute atomic E-state index is 8.76. The van der Waals surface area contributed by atoms with Crippen molar-refractivity contribution in [1.29, 1.82) is 10.5 Å². The van der Waals surface area contributed by atoms with E-state index in [0.29, 0.717) is 12.4 Å². The smallest absolute Gasteiger partial charge is 0.140 e. The third-order valence-corrected chi connectivity index (χ3v) is 2.97. The molecule has 1 aromatic heterocycles. The molecule has 0 amide bonds. The molecule has 0 aliphatic rings. The number of nitrogens with zero attached hydrogens (tertiary/aromatic N) is 3. The van der Waals surface area contributed by atoms with Crippen molar-refractivity contribution in [2.24, 2.45) is 0 Å². The van der Waals surface area contributed by atoms with Crippen molar-refractivity contribution >= 4 is 6.08 Å². The topological polar surface area (TPSA) is 82.8 Å². The first-order valence-electron chi connectivity index (χ1n) is 6.30. The zero-order valence-electron chi connectivity index (χ0n) is 11.8. The molecule has 0 radical (unpaired) electrons. The van der Waals surface area contributed by atoms with Gasteiger partial charge in [0.1, 0.15) is 35.8 Å². The van der Waals surface area contributed by atoms with Crippen molar-refractivity contribution in [1.82, 2.24) is 5.16 Å². The molecule has 0 saturated heterocycles. The van der Waals surface area contributed by atoms with Gasteiger partial charge in [0.15, 0.2) is 0 Å². The number of aromatic nitrogens is 1. The van der Waals surface area contributed by atoms with E-state index in [-0.39, 0.29) is 5.57 Å². The Balaban J connectivity index is 2.14. The summed E-state index contributed by atoms with van der Waals surface area (Å²) in [7, 11) is 0. The van der Waals surface area contributed by atoms with Crippen LogP contribution in [0, 0.1) is 36.5 Å². The lowest BCUT2D eigenvalue weighted by Gasteiger charge is -2.06. The van der Waals surface area contributed by atoms with Crippen molar-refractivity contribution in [3.63, 3.8) is 0 Å². The highest BCUT2D eigenvalue weighted by molar-refractivity contribution is 5.62. The molecule has 21 heavy (non-hydrogen) atoms. The summed E-state index contributed by atoms with van der Waals surface area (Å²) in [6.45, 7) is 4.06. The average Bonchev–Trinajstić information content (AvgIpc) is 2.82. The largest absolute Gasteiger partial charge is 0.489 e. The Kier molecular flexibility index (Phi) is 4.38. The van der Waals surface area contributed by atoms with E-state index in [0.717, 1.165) is 22.6 Å².